The maximum Gasteiger partial charge on any atom is 0.239 e. The second-order valence-corrected chi connectivity index (χ2v) is 6.25. The molecule has 3 N–H and O–H groups in total. The van der Waals surface area contributed by atoms with E-state index in [4.69, 9.17) is 5.73 Å². The maximum atomic E-state index is 11.7. The second kappa shape index (κ2) is 6.51. The van der Waals surface area contributed by atoms with Gasteiger partial charge in [0.2, 0.25) is 5.91 Å². The first-order valence-corrected chi connectivity index (χ1v) is 7.56. The number of carbonyl (C=O) groups is 1. The number of amides is 1. The molecule has 0 aliphatic heterocycles. The van der Waals surface area contributed by atoms with Gasteiger partial charge in [0.1, 0.15) is 5.75 Å². The maximum absolute atomic E-state index is 11.7. The highest BCUT2D eigenvalue weighted by molar-refractivity contribution is 7.92. The zero-order chi connectivity index (χ0) is 13.6. The van der Waals surface area contributed by atoms with Gasteiger partial charge < -0.3 is 11.1 Å². The van der Waals surface area contributed by atoms with Crippen LogP contribution in [0, 0.1) is 0 Å². The summed E-state index contributed by atoms with van der Waals surface area (Å²) in [5, 5.41) is 2.53. The Balaban J connectivity index is 2.55. The van der Waals surface area contributed by atoms with Crippen molar-refractivity contribution in [3.63, 3.8) is 0 Å². The highest BCUT2D eigenvalue weighted by atomic mass is 32.2. The van der Waals surface area contributed by atoms with Gasteiger partial charge in [-0.25, -0.2) is 8.42 Å². The largest absolute Gasteiger partial charge is 0.327 e. The molecule has 0 saturated carbocycles. The van der Waals surface area contributed by atoms with E-state index < -0.39 is 27.5 Å². The first-order valence-electron chi connectivity index (χ1n) is 5.74. The lowest BCUT2D eigenvalue weighted by Gasteiger charge is -2.09. The average molecular weight is 270 g/mol. The van der Waals surface area contributed by atoms with Crippen LogP contribution < -0.4 is 11.1 Å². The van der Waals surface area contributed by atoms with Crippen molar-refractivity contribution in [1.29, 1.82) is 0 Å². The summed E-state index contributed by atoms with van der Waals surface area (Å²) in [5.74, 6) is -1.23. The molecular weight excluding hydrogens is 252 g/mol. The summed E-state index contributed by atoms with van der Waals surface area (Å²) in [7, 11) is -3.45. The Morgan fingerprint density at radius 3 is 2.50 bits per heavy atom. The SMILES string of the molecule is CCC(N)CS(=O)(=O)CC(=O)Nc1ccccc1. The minimum absolute atomic E-state index is 0.161. The molecule has 6 heteroatoms. The number of nitrogens with two attached hydrogens (primary N) is 1. The average Bonchev–Trinajstić information content (AvgIpc) is 2.28. The predicted octanol–water partition coefficient (Wildman–Crippen LogP) is 0.777. The van der Waals surface area contributed by atoms with Crippen molar-refractivity contribution in [2.24, 2.45) is 5.73 Å². The van der Waals surface area contributed by atoms with E-state index in [0.29, 0.717) is 12.1 Å². The molecule has 0 spiro atoms. The Bertz CT molecular complexity index is 485. The summed E-state index contributed by atoms with van der Waals surface area (Å²) in [4.78, 5) is 11.6. The molecule has 100 valence electrons. The first-order chi connectivity index (χ1) is 8.43. The molecular formula is C12H18N2O3S. The second-order valence-electron chi connectivity index (χ2n) is 4.14. The van der Waals surface area contributed by atoms with Crippen LogP contribution in [0.5, 0.6) is 0 Å². The van der Waals surface area contributed by atoms with Crippen LogP contribution in [0.25, 0.3) is 0 Å². The van der Waals surface area contributed by atoms with Crippen molar-refractivity contribution in [1.82, 2.24) is 0 Å². The van der Waals surface area contributed by atoms with Gasteiger partial charge in [-0.3, -0.25) is 4.79 Å². The van der Waals surface area contributed by atoms with Gasteiger partial charge in [0.05, 0.1) is 5.75 Å². The number of para-hydroxylation sites is 1. The highest BCUT2D eigenvalue weighted by Crippen LogP contribution is 2.05. The molecule has 0 bridgehead atoms. The summed E-state index contributed by atoms with van der Waals surface area (Å²) < 4.78 is 23.3. The molecule has 1 rings (SSSR count). The lowest BCUT2D eigenvalue weighted by molar-refractivity contribution is -0.113. The molecule has 5 nitrogen and oxygen atoms in total. The number of carbonyl (C=O) groups excluding carboxylic acids is 1. The zero-order valence-corrected chi connectivity index (χ0v) is 11.1. The fraction of sp³-hybridized carbons (Fsp3) is 0.417. The van der Waals surface area contributed by atoms with Crippen molar-refractivity contribution in [2.75, 3.05) is 16.8 Å². The lowest BCUT2D eigenvalue weighted by Crippen LogP contribution is -2.33. The molecule has 0 aliphatic rings. The molecule has 1 atom stereocenters. The standard InChI is InChI=1S/C12H18N2O3S/c1-2-10(13)8-18(16,17)9-12(15)14-11-6-4-3-5-7-11/h3-7,10H,2,8-9,13H2,1H3,(H,14,15). The Labute approximate surface area is 107 Å². The number of benzene rings is 1. The van der Waals surface area contributed by atoms with Gasteiger partial charge in [-0.15, -0.1) is 0 Å². The fourth-order valence-corrected chi connectivity index (χ4v) is 2.90. The highest BCUT2D eigenvalue weighted by Gasteiger charge is 2.19. The van der Waals surface area contributed by atoms with Gasteiger partial charge in [0.25, 0.3) is 0 Å². The number of rotatable bonds is 6. The van der Waals surface area contributed by atoms with Gasteiger partial charge in [0, 0.05) is 11.7 Å². The van der Waals surface area contributed by atoms with Crippen molar-refractivity contribution < 1.29 is 13.2 Å². The van der Waals surface area contributed by atoms with Crippen LogP contribution in [0.15, 0.2) is 30.3 Å². The third-order valence-corrected chi connectivity index (χ3v) is 4.04. The fourth-order valence-electron chi connectivity index (χ4n) is 1.42. The Kier molecular flexibility index (Phi) is 5.30. The van der Waals surface area contributed by atoms with Crippen molar-refractivity contribution in [3.05, 3.63) is 30.3 Å². The third kappa shape index (κ3) is 5.29. The molecule has 0 saturated heterocycles. The van der Waals surface area contributed by atoms with E-state index >= 15 is 0 Å². The quantitative estimate of drug-likeness (QED) is 0.799. The Hall–Kier alpha value is -1.40. The van der Waals surface area contributed by atoms with Crippen LogP contribution in [-0.2, 0) is 14.6 Å². The summed E-state index contributed by atoms with van der Waals surface area (Å²) in [5.41, 5.74) is 6.16. The Morgan fingerprint density at radius 1 is 1.33 bits per heavy atom. The van der Waals surface area contributed by atoms with Crippen molar-refractivity contribution >= 4 is 21.4 Å². The summed E-state index contributed by atoms with van der Waals surface area (Å²) in [6.07, 6.45) is 0.569. The molecule has 1 aromatic carbocycles. The molecule has 1 unspecified atom stereocenters. The number of sulfone groups is 1. The number of hydrogen-bond donors (Lipinski definition) is 2. The van der Waals surface area contributed by atoms with Gasteiger partial charge in [0.15, 0.2) is 9.84 Å². The van der Waals surface area contributed by atoms with Crippen molar-refractivity contribution in [2.45, 2.75) is 19.4 Å². The number of hydrogen-bond acceptors (Lipinski definition) is 4. The zero-order valence-electron chi connectivity index (χ0n) is 10.3. The summed E-state index contributed by atoms with van der Waals surface area (Å²) >= 11 is 0. The van der Waals surface area contributed by atoms with E-state index in [0.717, 1.165) is 0 Å². The van der Waals surface area contributed by atoms with E-state index in [1.807, 2.05) is 13.0 Å². The monoisotopic (exact) mass is 270 g/mol. The predicted molar refractivity (Wildman–Crippen MR) is 72.0 cm³/mol. The van der Waals surface area contributed by atoms with Crippen LogP contribution in [0.3, 0.4) is 0 Å². The first kappa shape index (κ1) is 14.7. The number of nitrogens with one attached hydrogen (secondary N) is 1. The van der Waals surface area contributed by atoms with Gasteiger partial charge in [-0.1, -0.05) is 25.1 Å². The van der Waals surface area contributed by atoms with E-state index in [-0.39, 0.29) is 5.75 Å². The molecule has 0 aromatic heterocycles. The lowest BCUT2D eigenvalue weighted by atomic mass is 10.3. The van der Waals surface area contributed by atoms with E-state index in [1.54, 1.807) is 24.3 Å². The smallest absolute Gasteiger partial charge is 0.239 e. The van der Waals surface area contributed by atoms with Gasteiger partial charge in [-0.05, 0) is 18.6 Å². The van der Waals surface area contributed by atoms with Gasteiger partial charge >= 0.3 is 0 Å². The summed E-state index contributed by atoms with van der Waals surface area (Å²) in [6, 6.07) is 8.31. The normalized spacial score (nSPS) is 13.0. The molecule has 18 heavy (non-hydrogen) atoms. The molecule has 1 aromatic rings. The van der Waals surface area contributed by atoms with E-state index in [9.17, 15) is 13.2 Å². The topological polar surface area (TPSA) is 89.3 Å². The Morgan fingerprint density at radius 2 is 1.94 bits per heavy atom. The van der Waals surface area contributed by atoms with Crippen molar-refractivity contribution in [3.8, 4) is 0 Å². The molecule has 0 radical (unpaired) electrons. The minimum atomic E-state index is -3.45. The van der Waals surface area contributed by atoms with Crippen LogP contribution in [0.4, 0.5) is 5.69 Å². The molecule has 0 heterocycles. The van der Waals surface area contributed by atoms with E-state index in [2.05, 4.69) is 5.32 Å². The van der Waals surface area contributed by atoms with Gasteiger partial charge in [-0.2, -0.15) is 0 Å². The van der Waals surface area contributed by atoms with Crippen LogP contribution in [-0.4, -0.2) is 31.9 Å². The third-order valence-electron chi connectivity index (χ3n) is 2.40. The summed E-state index contributed by atoms with van der Waals surface area (Å²) in [6.45, 7) is 1.81. The molecule has 0 fully saturated rings. The van der Waals surface area contributed by atoms with Crippen LogP contribution in [0.1, 0.15) is 13.3 Å². The number of anilines is 1. The molecule has 0 aliphatic carbocycles. The van der Waals surface area contributed by atoms with Crippen LogP contribution in [0.2, 0.25) is 0 Å². The van der Waals surface area contributed by atoms with E-state index in [1.165, 1.54) is 0 Å². The van der Waals surface area contributed by atoms with Crippen LogP contribution >= 0.6 is 0 Å². The minimum Gasteiger partial charge on any atom is -0.327 e. The molecule has 1 amide bonds.